The van der Waals surface area contributed by atoms with E-state index in [0.29, 0.717) is 47.0 Å². The van der Waals surface area contributed by atoms with Crippen LogP contribution in [0.4, 0.5) is 11.6 Å². The number of aromatic nitrogens is 3. The zero-order valence-electron chi connectivity index (χ0n) is 21.9. The van der Waals surface area contributed by atoms with Gasteiger partial charge in [-0.05, 0) is 44.9 Å². The van der Waals surface area contributed by atoms with E-state index in [1.165, 1.54) is 0 Å². The molecule has 2 aromatic carbocycles. The molecule has 9 heteroatoms. The smallest absolute Gasteiger partial charge is 0.255 e. The predicted octanol–water partition coefficient (Wildman–Crippen LogP) is 6.29. The highest BCUT2D eigenvalue weighted by Crippen LogP contribution is 2.40. The fourth-order valence-electron chi connectivity index (χ4n) is 4.17. The molecule has 3 aromatic rings. The van der Waals surface area contributed by atoms with Crippen LogP contribution in [0.1, 0.15) is 58.6 Å². The molecule has 1 unspecified atom stereocenters. The Bertz CT molecular complexity index is 1260. The number of unbranched alkanes of at least 4 members (excludes halogenated alkanes) is 1. The lowest BCUT2D eigenvalue weighted by atomic mass is 9.94. The van der Waals surface area contributed by atoms with E-state index < -0.39 is 6.04 Å². The Kier molecular flexibility index (Phi) is 9.11. The van der Waals surface area contributed by atoms with Gasteiger partial charge in [0.05, 0.1) is 24.5 Å². The first-order chi connectivity index (χ1) is 18.1. The van der Waals surface area contributed by atoms with Crippen molar-refractivity contribution in [1.82, 2.24) is 14.8 Å². The Hall–Kier alpha value is -3.46. The van der Waals surface area contributed by atoms with Crippen molar-refractivity contribution in [2.24, 2.45) is 0 Å². The van der Waals surface area contributed by atoms with Gasteiger partial charge in [0.15, 0.2) is 0 Å². The number of rotatable bonds is 12. The highest BCUT2D eigenvalue weighted by Gasteiger charge is 2.36. The SMILES string of the molecule is CCCCSc1nc2n(n1)C(c1ccccc1OCCC)C(C(=O)Nc1ccccc1OCC)=C(C)N2. The molecule has 196 valence electrons. The van der Waals surface area contributed by atoms with Crippen LogP contribution in [0.25, 0.3) is 0 Å². The molecule has 1 aromatic heterocycles. The van der Waals surface area contributed by atoms with Gasteiger partial charge in [0.25, 0.3) is 5.91 Å². The van der Waals surface area contributed by atoms with E-state index in [9.17, 15) is 4.79 Å². The molecule has 0 fully saturated rings. The molecule has 2 N–H and O–H groups in total. The number of benzene rings is 2. The maximum absolute atomic E-state index is 13.9. The average molecular weight is 522 g/mol. The molecule has 1 atom stereocenters. The van der Waals surface area contributed by atoms with Crippen molar-refractivity contribution >= 4 is 29.3 Å². The van der Waals surface area contributed by atoms with E-state index >= 15 is 0 Å². The number of amides is 1. The number of nitrogens with one attached hydrogen (secondary N) is 2. The Labute approximate surface area is 222 Å². The molecule has 4 rings (SSSR count). The summed E-state index contributed by atoms with van der Waals surface area (Å²) in [5.74, 6) is 2.66. The number of ether oxygens (including phenoxy) is 2. The van der Waals surface area contributed by atoms with Gasteiger partial charge in [-0.3, -0.25) is 4.79 Å². The maximum Gasteiger partial charge on any atom is 0.255 e. The van der Waals surface area contributed by atoms with Crippen molar-refractivity contribution in [2.75, 3.05) is 29.6 Å². The van der Waals surface area contributed by atoms with Gasteiger partial charge in [-0.1, -0.05) is 62.4 Å². The van der Waals surface area contributed by atoms with Crippen LogP contribution in [0.15, 0.2) is 65.0 Å². The van der Waals surface area contributed by atoms with Crippen LogP contribution in [0.5, 0.6) is 11.5 Å². The largest absolute Gasteiger partial charge is 0.493 e. The zero-order valence-corrected chi connectivity index (χ0v) is 22.7. The second kappa shape index (κ2) is 12.7. The standard InChI is InChI=1S/C28H35N5O3S/c1-5-8-18-37-28-31-27-29-19(4)24(26(34)30-21-14-10-12-16-23(21)35-7-3)25(33(27)32-28)20-13-9-11-15-22(20)36-17-6-2/h9-16,25H,5-8,17-18H2,1-4H3,(H,30,34)(H,29,31,32). The van der Waals surface area contributed by atoms with Gasteiger partial charge in [0, 0.05) is 17.0 Å². The molecule has 37 heavy (non-hydrogen) atoms. The van der Waals surface area contributed by atoms with Crippen molar-refractivity contribution in [3.63, 3.8) is 0 Å². The van der Waals surface area contributed by atoms with Crippen LogP contribution in [0.3, 0.4) is 0 Å². The molecule has 0 radical (unpaired) electrons. The number of allylic oxidation sites excluding steroid dienone is 1. The first-order valence-corrected chi connectivity index (χ1v) is 13.9. The van der Waals surface area contributed by atoms with Crippen LogP contribution >= 0.6 is 11.8 Å². The molecule has 0 saturated heterocycles. The summed E-state index contributed by atoms with van der Waals surface area (Å²) >= 11 is 1.62. The third-order valence-electron chi connectivity index (χ3n) is 5.92. The highest BCUT2D eigenvalue weighted by molar-refractivity contribution is 7.99. The summed E-state index contributed by atoms with van der Waals surface area (Å²) in [5.41, 5.74) is 2.73. The van der Waals surface area contributed by atoms with Crippen LogP contribution in [0.2, 0.25) is 0 Å². The molecule has 0 spiro atoms. The second-order valence-corrected chi connectivity index (χ2v) is 9.76. The monoisotopic (exact) mass is 521 g/mol. The zero-order chi connectivity index (χ0) is 26.2. The summed E-state index contributed by atoms with van der Waals surface area (Å²) in [6.45, 7) is 9.13. The number of carbonyl (C=O) groups excluding carboxylic acids is 1. The minimum absolute atomic E-state index is 0.242. The van der Waals surface area contributed by atoms with Gasteiger partial charge in [-0.15, -0.1) is 5.10 Å². The van der Waals surface area contributed by atoms with Gasteiger partial charge in [0.2, 0.25) is 11.1 Å². The molecular formula is C28H35N5O3S. The third-order valence-corrected chi connectivity index (χ3v) is 6.84. The topological polar surface area (TPSA) is 90.3 Å². The lowest BCUT2D eigenvalue weighted by Crippen LogP contribution is -2.32. The quantitative estimate of drug-likeness (QED) is 0.214. The van der Waals surface area contributed by atoms with Crippen LogP contribution in [0, 0.1) is 0 Å². The highest BCUT2D eigenvalue weighted by atomic mass is 32.2. The third kappa shape index (κ3) is 6.10. The fourth-order valence-corrected chi connectivity index (χ4v) is 5.09. The summed E-state index contributed by atoms with van der Waals surface area (Å²) in [5, 5.41) is 11.9. The number of carbonyl (C=O) groups is 1. The number of para-hydroxylation sites is 3. The van der Waals surface area contributed by atoms with Crippen LogP contribution in [-0.2, 0) is 4.79 Å². The van der Waals surface area contributed by atoms with Crippen molar-refractivity contribution in [2.45, 2.75) is 58.2 Å². The summed E-state index contributed by atoms with van der Waals surface area (Å²) in [4.78, 5) is 18.6. The molecule has 1 aliphatic rings. The summed E-state index contributed by atoms with van der Waals surface area (Å²) in [7, 11) is 0. The molecule has 0 bridgehead atoms. The number of fused-ring (bicyclic) bond motifs is 1. The number of hydrogen-bond acceptors (Lipinski definition) is 7. The minimum atomic E-state index is -0.517. The van der Waals surface area contributed by atoms with Gasteiger partial charge in [-0.2, -0.15) is 4.98 Å². The van der Waals surface area contributed by atoms with Crippen molar-refractivity contribution in [3.8, 4) is 11.5 Å². The maximum atomic E-state index is 13.9. The summed E-state index contributed by atoms with van der Waals surface area (Å²) in [6, 6.07) is 14.8. The summed E-state index contributed by atoms with van der Waals surface area (Å²) < 4.78 is 13.7. The average Bonchev–Trinajstić information content (AvgIpc) is 3.30. The molecular weight excluding hydrogens is 486 g/mol. The summed E-state index contributed by atoms with van der Waals surface area (Å²) in [6.07, 6.45) is 3.07. The number of thioether (sulfide) groups is 1. The molecule has 0 saturated carbocycles. The van der Waals surface area contributed by atoms with E-state index in [2.05, 4.69) is 24.5 Å². The van der Waals surface area contributed by atoms with Crippen molar-refractivity contribution in [1.29, 1.82) is 0 Å². The van der Waals surface area contributed by atoms with Crippen LogP contribution in [-0.4, -0.2) is 39.6 Å². The minimum Gasteiger partial charge on any atom is -0.493 e. The van der Waals surface area contributed by atoms with E-state index in [4.69, 9.17) is 19.6 Å². The van der Waals surface area contributed by atoms with E-state index in [-0.39, 0.29) is 5.91 Å². The van der Waals surface area contributed by atoms with Gasteiger partial charge in [0.1, 0.15) is 17.5 Å². The lowest BCUT2D eigenvalue weighted by molar-refractivity contribution is -0.113. The Balaban J connectivity index is 1.76. The molecule has 1 aliphatic heterocycles. The van der Waals surface area contributed by atoms with Gasteiger partial charge in [-0.25, -0.2) is 4.68 Å². The molecule has 0 aliphatic carbocycles. The Morgan fingerprint density at radius 1 is 1.05 bits per heavy atom. The van der Waals surface area contributed by atoms with Gasteiger partial charge >= 0.3 is 0 Å². The van der Waals surface area contributed by atoms with E-state index in [0.717, 1.165) is 36.3 Å². The van der Waals surface area contributed by atoms with Crippen molar-refractivity contribution in [3.05, 3.63) is 65.4 Å². The van der Waals surface area contributed by atoms with E-state index in [1.807, 2.05) is 62.4 Å². The first-order valence-electron chi connectivity index (χ1n) is 12.9. The Morgan fingerprint density at radius 3 is 2.57 bits per heavy atom. The number of hydrogen-bond donors (Lipinski definition) is 2. The second-order valence-electron chi connectivity index (χ2n) is 8.70. The number of nitrogens with zero attached hydrogens (tertiary/aromatic N) is 3. The molecule has 8 nitrogen and oxygen atoms in total. The number of anilines is 2. The molecule has 2 heterocycles. The first kappa shape index (κ1) is 26.6. The normalized spacial score (nSPS) is 14.6. The van der Waals surface area contributed by atoms with E-state index in [1.54, 1.807) is 16.4 Å². The predicted molar refractivity (Wildman–Crippen MR) is 149 cm³/mol. The molecule has 1 amide bonds. The Morgan fingerprint density at radius 2 is 1.81 bits per heavy atom. The van der Waals surface area contributed by atoms with Crippen LogP contribution < -0.4 is 20.1 Å². The lowest BCUT2D eigenvalue weighted by Gasteiger charge is -2.29. The fraction of sp³-hybridized carbons (Fsp3) is 0.393. The van der Waals surface area contributed by atoms with Gasteiger partial charge < -0.3 is 20.1 Å². The van der Waals surface area contributed by atoms with Crippen molar-refractivity contribution < 1.29 is 14.3 Å².